The van der Waals surface area contributed by atoms with E-state index in [9.17, 15) is 18.0 Å². The number of hydrogen-bond acceptors (Lipinski definition) is 7. The molecule has 0 aliphatic carbocycles. The third-order valence-electron chi connectivity index (χ3n) is 5.64. The molecule has 2 aromatic rings. The Bertz CT molecular complexity index is 1170. The van der Waals surface area contributed by atoms with E-state index in [1.54, 1.807) is 30.0 Å². The molecule has 176 valence electrons. The number of carbonyl (C=O) groups is 2. The number of piperazine rings is 1. The fourth-order valence-corrected chi connectivity index (χ4v) is 5.19. The van der Waals surface area contributed by atoms with Gasteiger partial charge in [-0.25, -0.2) is 8.42 Å². The highest BCUT2D eigenvalue weighted by atomic mass is 32.2. The van der Waals surface area contributed by atoms with Gasteiger partial charge < -0.3 is 24.4 Å². The molecule has 1 saturated heterocycles. The molecule has 10 nitrogen and oxygen atoms in total. The van der Waals surface area contributed by atoms with Gasteiger partial charge in [0.15, 0.2) is 6.10 Å². The molecular weight excluding hydrogens is 450 g/mol. The number of fused-ring (bicyclic) bond motifs is 1. The molecule has 1 fully saturated rings. The van der Waals surface area contributed by atoms with Gasteiger partial charge in [-0.2, -0.15) is 4.31 Å². The number of anilines is 1. The third-order valence-corrected chi connectivity index (χ3v) is 7.54. The van der Waals surface area contributed by atoms with Gasteiger partial charge in [-0.15, -0.1) is 0 Å². The van der Waals surface area contributed by atoms with Crippen molar-refractivity contribution < 1.29 is 32.2 Å². The van der Waals surface area contributed by atoms with Crippen molar-refractivity contribution in [2.75, 3.05) is 45.7 Å². The number of sulfonamides is 1. The van der Waals surface area contributed by atoms with Gasteiger partial charge >= 0.3 is 0 Å². The normalized spacial score (nSPS) is 18.7. The van der Waals surface area contributed by atoms with Crippen molar-refractivity contribution in [2.24, 2.45) is 0 Å². The zero-order chi connectivity index (χ0) is 23.8. The van der Waals surface area contributed by atoms with E-state index in [2.05, 4.69) is 5.32 Å². The Labute approximate surface area is 192 Å². The van der Waals surface area contributed by atoms with Crippen LogP contribution in [0.5, 0.6) is 17.2 Å². The minimum Gasteiger partial charge on any atom is -0.497 e. The molecular formula is C22H25N3O7S. The molecule has 0 saturated carbocycles. The molecule has 2 aromatic carbocycles. The summed E-state index contributed by atoms with van der Waals surface area (Å²) in [6, 6.07) is 9.31. The van der Waals surface area contributed by atoms with E-state index in [-0.39, 0.29) is 42.9 Å². The van der Waals surface area contributed by atoms with Crippen molar-refractivity contribution in [1.82, 2.24) is 9.21 Å². The SMILES string of the molecule is COc1cc(OC)cc(C(=O)N2CCN(S(=O)(=O)c3ccc4c(c3)NC(=O)C(C)O4)CC2)c1. The van der Waals surface area contributed by atoms with Crippen LogP contribution in [-0.2, 0) is 14.8 Å². The fraction of sp³-hybridized carbons (Fsp3) is 0.364. The monoisotopic (exact) mass is 475 g/mol. The van der Waals surface area contributed by atoms with Crippen LogP contribution in [0.4, 0.5) is 5.69 Å². The quantitative estimate of drug-likeness (QED) is 0.698. The lowest BCUT2D eigenvalue weighted by molar-refractivity contribution is -0.122. The summed E-state index contributed by atoms with van der Waals surface area (Å²) < 4.78 is 43.6. The number of rotatable bonds is 5. The number of ether oxygens (including phenoxy) is 3. The molecule has 2 amide bonds. The Hall–Kier alpha value is -3.31. The Morgan fingerprint density at radius 3 is 2.27 bits per heavy atom. The zero-order valence-corrected chi connectivity index (χ0v) is 19.3. The summed E-state index contributed by atoms with van der Waals surface area (Å²) >= 11 is 0. The van der Waals surface area contributed by atoms with Gasteiger partial charge in [-0.3, -0.25) is 9.59 Å². The van der Waals surface area contributed by atoms with Crippen molar-refractivity contribution in [3.05, 3.63) is 42.0 Å². The first-order valence-corrected chi connectivity index (χ1v) is 11.8. The maximum absolute atomic E-state index is 13.2. The highest BCUT2D eigenvalue weighted by molar-refractivity contribution is 7.89. The molecule has 1 atom stereocenters. The lowest BCUT2D eigenvalue weighted by atomic mass is 10.1. The standard InChI is InChI=1S/C22H25N3O7S/c1-14-21(26)23-19-13-18(4-5-20(19)32-14)33(28,29)25-8-6-24(7-9-25)22(27)15-10-16(30-2)12-17(11-15)31-3/h4-5,10-14H,6-9H2,1-3H3,(H,23,26). The molecule has 2 aliphatic rings. The van der Waals surface area contributed by atoms with Gasteiger partial charge in [0.2, 0.25) is 10.0 Å². The van der Waals surface area contributed by atoms with E-state index in [1.165, 1.54) is 36.7 Å². The van der Waals surface area contributed by atoms with Crippen LogP contribution in [0.3, 0.4) is 0 Å². The maximum Gasteiger partial charge on any atom is 0.265 e. The predicted octanol–water partition coefficient (Wildman–Crippen LogP) is 1.57. The molecule has 0 spiro atoms. The molecule has 11 heteroatoms. The minimum atomic E-state index is -3.81. The van der Waals surface area contributed by atoms with E-state index >= 15 is 0 Å². The smallest absolute Gasteiger partial charge is 0.265 e. The van der Waals surface area contributed by atoms with E-state index in [0.29, 0.717) is 28.5 Å². The van der Waals surface area contributed by atoms with E-state index in [4.69, 9.17) is 14.2 Å². The summed E-state index contributed by atoms with van der Waals surface area (Å²) in [5.41, 5.74) is 0.724. The average Bonchev–Trinajstić information content (AvgIpc) is 2.83. The zero-order valence-electron chi connectivity index (χ0n) is 18.5. The van der Waals surface area contributed by atoms with Crippen LogP contribution in [0, 0.1) is 0 Å². The molecule has 0 aromatic heterocycles. The van der Waals surface area contributed by atoms with Gasteiger partial charge in [0, 0.05) is 37.8 Å². The number of nitrogens with zero attached hydrogens (tertiary/aromatic N) is 2. The molecule has 4 rings (SSSR count). The van der Waals surface area contributed by atoms with Gasteiger partial charge in [-0.05, 0) is 37.3 Å². The van der Waals surface area contributed by atoms with Crippen LogP contribution >= 0.6 is 0 Å². The summed E-state index contributed by atoms with van der Waals surface area (Å²) in [4.78, 5) is 26.5. The van der Waals surface area contributed by atoms with Crippen LogP contribution < -0.4 is 19.5 Å². The summed E-state index contributed by atoms with van der Waals surface area (Å²) in [7, 11) is -0.802. The number of methoxy groups -OCH3 is 2. The van der Waals surface area contributed by atoms with Crippen LogP contribution in [0.2, 0.25) is 0 Å². The van der Waals surface area contributed by atoms with E-state index in [0.717, 1.165) is 0 Å². The number of hydrogen-bond donors (Lipinski definition) is 1. The largest absolute Gasteiger partial charge is 0.497 e. The second-order valence-electron chi connectivity index (χ2n) is 7.70. The first-order chi connectivity index (χ1) is 15.7. The van der Waals surface area contributed by atoms with Gasteiger partial charge in [0.05, 0.1) is 24.8 Å². The summed E-state index contributed by atoms with van der Waals surface area (Å²) in [5, 5.41) is 2.66. The predicted molar refractivity (Wildman–Crippen MR) is 119 cm³/mol. The van der Waals surface area contributed by atoms with Crippen LogP contribution in [0.15, 0.2) is 41.3 Å². The molecule has 1 unspecified atom stereocenters. The highest BCUT2D eigenvalue weighted by Gasteiger charge is 2.32. The third kappa shape index (κ3) is 4.46. The second kappa shape index (κ2) is 8.91. The lowest BCUT2D eigenvalue weighted by Crippen LogP contribution is -2.50. The Kier molecular flexibility index (Phi) is 6.17. The average molecular weight is 476 g/mol. The minimum absolute atomic E-state index is 0.0528. The van der Waals surface area contributed by atoms with Gasteiger partial charge in [0.25, 0.3) is 11.8 Å². The Morgan fingerprint density at radius 2 is 1.67 bits per heavy atom. The van der Waals surface area contributed by atoms with E-state index < -0.39 is 16.1 Å². The van der Waals surface area contributed by atoms with E-state index in [1.807, 2.05) is 0 Å². The summed E-state index contributed by atoms with van der Waals surface area (Å²) in [6.07, 6.45) is -0.643. The molecule has 2 aliphatic heterocycles. The summed E-state index contributed by atoms with van der Waals surface area (Å²) in [5.74, 6) is 0.851. The first kappa shape index (κ1) is 22.9. The number of benzene rings is 2. The number of nitrogens with one attached hydrogen (secondary N) is 1. The van der Waals surface area contributed by atoms with Crippen molar-refractivity contribution in [2.45, 2.75) is 17.9 Å². The van der Waals surface area contributed by atoms with Crippen molar-refractivity contribution in [3.8, 4) is 17.2 Å². The molecule has 0 bridgehead atoms. The fourth-order valence-electron chi connectivity index (χ4n) is 3.74. The maximum atomic E-state index is 13.2. The van der Waals surface area contributed by atoms with Crippen molar-refractivity contribution in [3.63, 3.8) is 0 Å². The Morgan fingerprint density at radius 1 is 1.03 bits per heavy atom. The van der Waals surface area contributed by atoms with Gasteiger partial charge in [-0.1, -0.05) is 0 Å². The molecule has 0 radical (unpaired) electrons. The summed E-state index contributed by atoms with van der Waals surface area (Å²) in [6.45, 7) is 2.38. The highest BCUT2D eigenvalue weighted by Crippen LogP contribution is 2.33. The number of amides is 2. The van der Waals surface area contributed by atoms with Crippen molar-refractivity contribution >= 4 is 27.5 Å². The topological polar surface area (TPSA) is 114 Å². The van der Waals surface area contributed by atoms with Crippen LogP contribution in [-0.4, -0.2) is 75.9 Å². The van der Waals surface area contributed by atoms with Crippen molar-refractivity contribution in [1.29, 1.82) is 0 Å². The molecule has 1 N–H and O–H groups in total. The van der Waals surface area contributed by atoms with Gasteiger partial charge in [0.1, 0.15) is 17.2 Å². The number of carbonyl (C=O) groups excluding carboxylic acids is 2. The van der Waals surface area contributed by atoms with Crippen LogP contribution in [0.25, 0.3) is 0 Å². The first-order valence-electron chi connectivity index (χ1n) is 10.4. The lowest BCUT2D eigenvalue weighted by Gasteiger charge is -2.34. The second-order valence-corrected chi connectivity index (χ2v) is 9.64. The molecule has 2 heterocycles. The molecule has 33 heavy (non-hydrogen) atoms. The van der Waals surface area contributed by atoms with Crippen LogP contribution in [0.1, 0.15) is 17.3 Å². The Balaban J connectivity index is 1.47.